The van der Waals surface area contributed by atoms with E-state index in [9.17, 15) is 13.6 Å². The molecule has 1 unspecified atom stereocenters. The van der Waals surface area contributed by atoms with Crippen molar-refractivity contribution in [2.75, 3.05) is 13.2 Å². The Morgan fingerprint density at radius 1 is 1.12 bits per heavy atom. The van der Waals surface area contributed by atoms with Gasteiger partial charge in [0.1, 0.15) is 17.9 Å². The van der Waals surface area contributed by atoms with Gasteiger partial charge in [0.2, 0.25) is 0 Å². The van der Waals surface area contributed by atoms with Gasteiger partial charge in [-0.25, -0.2) is 9.52 Å². The molecule has 0 fully saturated rings. The first kappa shape index (κ1) is 27.3. The van der Waals surface area contributed by atoms with Crippen molar-refractivity contribution < 1.29 is 23.0 Å². The molecule has 0 aliphatic heterocycles. The Morgan fingerprint density at radius 3 is 2.50 bits per heavy atom. The number of carbonyl (C=O) groups is 1. The van der Waals surface area contributed by atoms with Gasteiger partial charge in [-0.2, -0.15) is 0 Å². The molecule has 0 saturated carbocycles. The van der Waals surface area contributed by atoms with Gasteiger partial charge in [0.05, 0.1) is 6.61 Å². The van der Waals surface area contributed by atoms with Crippen molar-refractivity contribution in [1.82, 2.24) is 4.72 Å². The number of nitrogens with one attached hydrogen (secondary N) is 1. The first-order valence-electron chi connectivity index (χ1n) is 11.3. The second kappa shape index (κ2) is 15.1. The summed E-state index contributed by atoms with van der Waals surface area (Å²) >= 11 is -2.65. The molecule has 0 aliphatic rings. The van der Waals surface area contributed by atoms with E-state index in [0.717, 1.165) is 30.4 Å². The van der Waals surface area contributed by atoms with Gasteiger partial charge in [-0.15, -0.1) is 0 Å². The Balaban J connectivity index is 2.09. The molecule has 0 aliphatic carbocycles. The number of esters is 1. The summed E-state index contributed by atoms with van der Waals surface area (Å²) in [6, 6.07) is 16.5. The monoisotopic (exact) mass is 487 g/mol. The van der Waals surface area contributed by atoms with E-state index in [0.29, 0.717) is 31.7 Å². The highest BCUT2D eigenvalue weighted by Crippen LogP contribution is 2.25. The fourth-order valence-corrected chi connectivity index (χ4v) is 4.04. The highest BCUT2D eigenvalue weighted by atomic mass is 32.2. The smallest absolute Gasteiger partial charge is 0.327 e. The molecule has 0 aromatic heterocycles. The maximum atomic E-state index is 13.2. The summed E-state index contributed by atoms with van der Waals surface area (Å²) in [5, 5.41) is 3.49. The summed E-state index contributed by atoms with van der Waals surface area (Å²) in [4.78, 5) is 15.9. The quantitative estimate of drug-likeness (QED) is 0.0909. The van der Waals surface area contributed by atoms with Crippen molar-refractivity contribution in [3.8, 4) is 5.75 Å². The van der Waals surface area contributed by atoms with E-state index in [-0.39, 0.29) is 13.0 Å². The van der Waals surface area contributed by atoms with Gasteiger partial charge in [-0.05, 0) is 48.1 Å². The minimum Gasteiger partial charge on any atom is -0.760 e. The molecule has 9 nitrogen and oxygen atoms in total. The van der Waals surface area contributed by atoms with Gasteiger partial charge in [0.25, 0.3) is 0 Å². The summed E-state index contributed by atoms with van der Waals surface area (Å²) in [5.41, 5.74) is 8.48. The fraction of sp³-hybridized carbons (Fsp3) is 0.458. The maximum absolute atomic E-state index is 13.2. The van der Waals surface area contributed by atoms with Crippen LogP contribution < -0.4 is 9.46 Å². The Labute approximate surface area is 202 Å². The normalized spacial score (nSPS) is 13.4. The van der Waals surface area contributed by atoms with E-state index in [2.05, 4.69) is 14.7 Å². The van der Waals surface area contributed by atoms with Crippen LogP contribution in [0.15, 0.2) is 59.7 Å². The molecule has 0 spiro atoms. The number of hydrogen-bond donors (Lipinski definition) is 1. The molecule has 1 N–H and O–H groups in total. The molecular weight excluding hydrogens is 456 g/mol. The molecule has 0 saturated heterocycles. The van der Waals surface area contributed by atoms with Crippen LogP contribution in [0.25, 0.3) is 10.4 Å². The van der Waals surface area contributed by atoms with Gasteiger partial charge in [-0.1, -0.05) is 67.3 Å². The zero-order valence-corrected chi connectivity index (χ0v) is 20.2. The van der Waals surface area contributed by atoms with E-state index in [1.54, 1.807) is 12.1 Å². The molecule has 34 heavy (non-hydrogen) atoms. The first-order valence-corrected chi connectivity index (χ1v) is 12.4. The molecule has 2 aromatic rings. The van der Waals surface area contributed by atoms with E-state index < -0.39 is 22.8 Å². The zero-order chi connectivity index (χ0) is 24.7. The van der Waals surface area contributed by atoms with E-state index in [4.69, 9.17) is 15.0 Å². The van der Waals surface area contributed by atoms with Crippen molar-refractivity contribution >= 4 is 17.2 Å². The summed E-state index contributed by atoms with van der Waals surface area (Å²) in [5.74, 6) is 0.0630. The van der Waals surface area contributed by atoms with Crippen LogP contribution in [0.5, 0.6) is 5.75 Å². The van der Waals surface area contributed by atoms with E-state index >= 15 is 0 Å². The molecule has 2 aromatic carbocycles. The Kier molecular flexibility index (Phi) is 12.1. The first-order chi connectivity index (χ1) is 16.5. The van der Waals surface area contributed by atoms with Crippen molar-refractivity contribution in [2.45, 2.75) is 57.6 Å². The molecule has 0 heterocycles. The largest absolute Gasteiger partial charge is 0.760 e. The Hall–Kier alpha value is -2.91. The van der Waals surface area contributed by atoms with Gasteiger partial charge < -0.3 is 14.0 Å². The van der Waals surface area contributed by atoms with Gasteiger partial charge in [0.15, 0.2) is 0 Å². The van der Waals surface area contributed by atoms with Crippen LogP contribution in [0, 0.1) is 0 Å². The van der Waals surface area contributed by atoms with Crippen LogP contribution in [-0.4, -0.2) is 33.4 Å². The zero-order valence-electron chi connectivity index (χ0n) is 19.4. The number of unbranched alkanes of at least 4 members (excludes halogenated alkanes) is 2. The number of carbonyl (C=O) groups excluding carboxylic acids is 1. The van der Waals surface area contributed by atoms with Crippen LogP contribution in [-0.2, 0) is 33.8 Å². The highest BCUT2D eigenvalue weighted by molar-refractivity contribution is 7.77. The summed E-state index contributed by atoms with van der Waals surface area (Å²) in [6.45, 7) is 2.97. The lowest BCUT2D eigenvalue weighted by atomic mass is 9.86. The number of rotatable bonds is 16. The summed E-state index contributed by atoms with van der Waals surface area (Å²) in [6.07, 6.45) is 3.42. The third-order valence-electron chi connectivity index (χ3n) is 5.25. The number of azide groups is 1. The highest BCUT2D eigenvalue weighted by Gasteiger charge is 2.40. The van der Waals surface area contributed by atoms with E-state index in [1.807, 2.05) is 49.4 Å². The maximum Gasteiger partial charge on any atom is 0.327 e. The van der Waals surface area contributed by atoms with Crippen molar-refractivity contribution in [1.29, 1.82) is 0 Å². The van der Waals surface area contributed by atoms with E-state index in [1.165, 1.54) is 0 Å². The lowest BCUT2D eigenvalue weighted by Crippen LogP contribution is -2.55. The van der Waals surface area contributed by atoms with Crippen molar-refractivity contribution in [2.24, 2.45) is 5.11 Å². The topological polar surface area (TPSA) is 136 Å². The molecule has 0 bridgehead atoms. The predicted octanol–water partition coefficient (Wildman–Crippen LogP) is 4.75. The molecule has 0 amide bonds. The van der Waals surface area contributed by atoms with Crippen LogP contribution in [0.2, 0.25) is 0 Å². The third-order valence-corrected chi connectivity index (χ3v) is 5.81. The Morgan fingerprint density at radius 2 is 1.85 bits per heavy atom. The van der Waals surface area contributed by atoms with Gasteiger partial charge >= 0.3 is 5.97 Å². The predicted molar refractivity (Wildman–Crippen MR) is 129 cm³/mol. The molecular formula is C24H31N4O5S-. The molecule has 0 radical (unpaired) electrons. The summed E-state index contributed by atoms with van der Waals surface area (Å²) in [7, 11) is 0. The lowest BCUT2D eigenvalue weighted by molar-refractivity contribution is -0.152. The molecule has 10 heteroatoms. The Bertz CT molecular complexity index is 952. The minimum absolute atomic E-state index is 0.0627. The number of nitrogens with zero attached hydrogens (tertiary/aromatic N) is 3. The molecule has 184 valence electrons. The van der Waals surface area contributed by atoms with Crippen LogP contribution >= 0.6 is 0 Å². The summed E-state index contributed by atoms with van der Waals surface area (Å²) < 4.78 is 37.0. The average molecular weight is 488 g/mol. The second-order valence-electron chi connectivity index (χ2n) is 7.91. The number of hydrogen-bond acceptors (Lipinski definition) is 6. The lowest BCUT2D eigenvalue weighted by Gasteiger charge is -2.33. The molecule has 2 atom stereocenters. The van der Waals surface area contributed by atoms with Crippen LogP contribution in [0.1, 0.15) is 50.2 Å². The number of benzene rings is 2. The standard InChI is InChI=1S/C24H32N4O5S/c1-2-3-15-24(27-34(30)31,23(29)33-19-21-9-5-4-6-10-21)18-20-11-13-22(14-12-20)32-17-8-7-16-26-28-25/h4-6,9-14,27H,2-3,7-8,15-19H2,1H3,(H,30,31)/p-1/t24-/m0/s1. The SMILES string of the molecule is CCCC[C@@](Cc1ccc(OCCCCN=[N+]=[N-])cc1)(NS(=O)[O-])C(=O)OCc1ccccc1. The fourth-order valence-electron chi connectivity index (χ4n) is 3.46. The third kappa shape index (κ3) is 9.52. The van der Waals surface area contributed by atoms with Crippen LogP contribution in [0.3, 0.4) is 0 Å². The second-order valence-corrected chi connectivity index (χ2v) is 8.59. The molecule has 2 rings (SSSR count). The number of ether oxygens (including phenoxy) is 2. The van der Waals surface area contributed by atoms with Gasteiger partial charge in [-0.3, -0.25) is 4.21 Å². The van der Waals surface area contributed by atoms with Crippen molar-refractivity contribution in [3.63, 3.8) is 0 Å². The average Bonchev–Trinajstić information content (AvgIpc) is 2.84. The van der Waals surface area contributed by atoms with Crippen LogP contribution in [0.4, 0.5) is 0 Å². The minimum atomic E-state index is -2.65. The van der Waals surface area contributed by atoms with Gasteiger partial charge in [0, 0.05) is 29.1 Å². The van der Waals surface area contributed by atoms with Crippen molar-refractivity contribution in [3.05, 3.63) is 76.2 Å².